The van der Waals surface area contributed by atoms with Gasteiger partial charge in [0.05, 0.1) is 23.6 Å². The van der Waals surface area contributed by atoms with Gasteiger partial charge >= 0.3 is 0 Å². The maximum atomic E-state index is 12.6. The van der Waals surface area contributed by atoms with Crippen LogP contribution < -0.4 is 5.32 Å². The molecule has 0 radical (unpaired) electrons. The standard InChI is InChI=1S/C25H27N5O/c1-17-12-19(3)29(27-17)16-22-7-5-6-21(14-22)15-26-25(31)23-8-10-24(11-9-23)30-20(4)13-18(2)28-30/h5-14H,15-16H2,1-4H3,(H,26,31). The summed E-state index contributed by atoms with van der Waals surface area (Å²) in [5.74, 6) is -0.0936. The highest BCUT2D eigenvalue weighted by Crippen LogP contribution is 2.14. The molecular weight excluding hydrogens is 386 g/mol. The van der Waals surface area contributed by atoms with E-state index in [9.17, 15) is 4.79 Å². The second-order valence-electron chi connectivity index (χ2n) is 7.97. The van der Waals surface area contributed by atoms with Crippen molar-refractivity contribution in [3.63, 3.8) is 0 Å². The van der Waals surface area contributed by atoms with Gasteiger partial charge in [-0.05, 0) is 75.2 Å². The Morgan fingerprint density at radius 2 is 1.52 bits per heavy atom. The minimum atomic E-state index is -0.0936. The molecular formula is C25H27N5O. The first-order valence-corrected chi connectivity index (χ1v) is 10.4. The van der Waals surface area contributed by atoms with Crippen LogP contribution >= 0.6 is 0 Å². The van der Waals surface area contributed by atoms with Gasteiger partial charge in [0.15, 0.2) is 0 Å². The fraction of sp³-hybridized carbons (Fsp3) is 0.240. The molecule has 0 saturated heterocycles. The molecule has 0 aliphatic heterocycles. The topological polar surface area (TPSA) is 64.7 Å². The van der Waals surface area contributed by atoms with E-state index in [1.54, 1.807) is 0 Å². The zero-order valence-electron chi connectivity index (χ0n) is 18.4. The monoisotopic (exact) mass is 413 g/mol. The Morgan fingerprint density at radius 1 is 0.839 bits per heavy atom. The second-order valence-corrected chi connectivity index (χ2v) is 7.97. The predicted octanol–water partition coefficient (Wildman–Crippen LogP) is 4.28. The summed E-state index contributed by atoms with van der Waals surface area (Å²) in [6.07, 6.45) is 0. The molecule has 0 spiro atoms. The first-order chi connectivity index (χ1) is 14.9. The number of nitrogens with zero attached hydrogens (tertiary/aromatic N) is 4. The largest absolute Gasteiger partial charge is 0.348 e. The number of carbonyl (C=O) groups is 1. The molecule has 0 atom stereocenters. The summed E-state index contributed by atoms with van der Waals surface area (Å²) < 4.78 is 3.88. The SMILES string of the molecule is Cc1cc(C)n(Cc2cccc(CNC(=O)c3ccc(-n4nc(C)cc4C)cc3)c2)n1. The van der Waals surface area contributed by atoms with E-state index in [1.165, 1.54) is 0 Å². The molecule has 6 heteroatoms. The van der Waals surface area contributed by atoms with Crippen LogP contribution in [-0.4, -0.2) is 25.5 Å². The third kappa shape index (κ3) is 4.74. The normalized spacial score (nSPS) is 11.0. The molecule has 0 aliphatic rings. The maximum Gasteiger partial charge on any atom is 0.251 e. The van der Waals surface area contributed by atoms with Crippen LogP contribution in [0.15, 0.2) is 60.7 Å². The Morgan fingerprint density at radius 3 is 2.16 bits per heavy atom. The van der Waals surface area contributed by atoms with E-state index < -0.39 is 0 Å². The lowest BCUT2D eigenvalue weighted by atomic mass is 10.1. The van der Waals surface area contributed by atoms with E-state index in [1.807, 2.05) is 72.6 Å². The fourth-order valence-electron chi connectivity index (χ4n) is 3.77. The molecule has 0 fully saturated rings. The first-order valence-electron chi connectivity index (χ1n) is 10.4. The molecule has 6 nitrogen and oxygen atoms in total. The van der Waals surface area contributed by atoms with Crippen molar-refractivity contribution in [2.24, 2.45) is 0 Å². The number of benzene rings is 2. The van der Waals surface area contributed by atoms with Gasteiger partial charge in [0, 0.05) is 23.5 Å². The van der Waals surface area contributed by atoms with Gasteiger partial charge in [0.25, 0.3) is 5.91 Å². The first kappa shape index (κ1) is 20.6. The molecule has 2 aromatic heterocycles. The maximum absolute atomic E-state index is 12.6. The number of aromatic nitrogens is 4. The van der Waals surface area contributed by atoms with Crippen molar-refractivity contribution in [2.75, 3.05) is 0 Å². The number of hydrogen-bond acceptors (Lipinski definition) is 3. The van der Waals surface area contributed by atoms with E-state index in [0.29, 0.717) is 12.1 Å². The average molecular weight is 414 g/mol. The van der Waals surface area contributed by atoms with Crippen molar-refractivity contribution >= 4 is 5.91 Å². The number of hydrogen-bond donors (Lipinski definition) is 1. The molecule has 31 heavy (non-hydrogen) atoms. The highest BCUT2D eigenvalue weighted by atomic mass is 16.1. The lowest BCUT2D eigenvalue weighted by Gasteiger charge is -2.10. The van der Waals surface area contributed by atoms with Gasteiger partial charge in [0.1, 0.15) is 0 Å². The Kier molecular flexibility index (Phi) is 5.71. The van der Waals surface area contributed by atoms with Gasteiger partial charge in [-0.2, -0.15) is 10.2 Å². The second kappa shape index (κ2) is 8.60. The molecule has 4 aromatic rings. The predicted molar refractivity (Wildman–Crippen MR) is 121 cm³/mol. The molecule has 158 valence electrons. The fourth-order valence-corrected chi connectivity index (χ4v) is 3.77. The summed E-state index contributed by atoms with van der Waals surface area (Å²) in [4.78, 5) is 12.6. The third-order valence-electron chi connectivity index (χ3n) is 5.26. The summed E-state index contributed by atoms with van der Waals surface area (Å²) >= 11 is 0. The highest BCUT2D eigenvalue weighted by molar-refractivity contribution is 5.94. The molecule has 0 aliphatic carbocycles. The third-order valence-corrected chi connectivity index (χ3v) is 5.26. The van der Waals surface area contributed by atoms with Crippen LogP contribution in [0.1, 0.15) is 44.3 Å². The van der Waals surface area contributed by atoms with E-state index in [2.05, 4.69) is 40.6 Å². The minimum absolute atomic E-state index is 0.0936. The lowest BCUT2D eigenvalue weighted by molar-refractivity contribution is 0.0951. The number of nitrogens with one attached hydrogen (secondary N) is 1. The van der Waals surface area contributed by atoms with Crippen molar-refractivity contribution in [1.29, 1.82) is 0 Å². The van der Waals surface area contributed by atoms with Crippen LogP contribution in [0.2, 0.25) is 0 Å². The smallest absolute Gasteiger partial charge is 0.251 e. The summed E-state index contributed by atoms with van der Waals surface area (Å²) in [5, 5.41) is 12.0. The van der Waals surface area contributed by atoms with Crippen molar-refractivity contribution in [2.45, 2.75) is 40.8 Å². The van der Waals surface area contributed by atoms with Crippen LogP contribution in [0.25, 0.3) is 5.69 Å². The lowest BCUT2D eigenvalue weighted by Crippen LogP contribution is -2.22. The number of aryl methyl sites for hydroxylation is 4. The number of rotatable bonds is 6. The molecule has 1 amide bonds. The van der Waals surface area contributed by atoms with Gasteiger partial charge in [0.2, 0.25) is 0 Å². The van der Waals surface area contributed by atoms with E-state index in [-0.39, 0.29) is 5.91 Å². The van der Waals surface area contributed by atoms with Crippen LogP contribution in [0.3, 0.4) is 0 Å². The van der Waals surface area contributed by atoms with Crippen molar-refractivity contribution in [3.8, 4) is 5.69 Å². The highest BCUT2D eigenvalue weighted by Gasteiger charge is 2.09. The van der Waals surface area contributed by atoms with Crippen LogP contribution in [-0.2, 0) is 13.1 Å². The molecule has 2 heterocycles. The molecule has 0 saturated carbocycles. The van der Waals surface area contributed by atoms with Crippen LogP contribution in [0.4, 0.5) is 0 Å². The Labute approximate surface area is 182 Å². The van der Waals surface area contributed by atoms with Crippen LogP contribution in [0.5, 0.6) is 0 Å². The summed E-state index contributed by atoms with van der Waals surface area (Å²) in [6, 6.07) is 19.9. The van der Waals surface area contributed by atoms with Crippen molar-refractivity contribution in [3.05, 3.63) is 100 Å². The Hall–Kier alpha value is -3.67. The minimum Gasteiger partial charge on any atom is -0.348 e. The Bertz CT molecular complexity index is 1220. The molecule has 4 rings (SSSR count). The summed E-state index contributed by atoms with van der Waals surface area (Å²) in [6.45, 7) is 9.24. The number of amides is 1. The summed E-state index contributed by atoms with van der Waals surface area (Å²) in [7, 11) is 0. The molecule has 1 N–H and O–H groups in total. The zero-order valence-corrected chi connectivity index (χ0v) is 18.4. The van der Waals surface area contributed by atoms with Crippen molar-refractivity contribution in [1.82, 2.24) is 24.9 Å². The van der Waals surface area contributed by atoms with E-state index in [0.717, 1.165) is 46.1 Å². The van der Waals surface area contributed by atoms with Crippen molar-refractivity contribution < 1.29 is 4.79 Å². The number of carbonyl (C=O) groups excluding carboxylic acids is 1. The van der Waals surface area contributed by atoms with Gasteiger partial charge in [-0.15, -0.1) is 0 Å². The molecule has 2 aromatic carbocycles. The molecule has 0 bridgehead atoms. The van der Waals surface area contributed by atoms with E-state index >= 15 is 0 Å². The molecule has 0 unspecified atom stereocenters. The van der Waals surface area contributed by atoms with Gasteiger partial charge in [-0.25, -0.2) is 4.68 Å². The summed E-state index contributed by atoms with van der Waals surface area (Å²) in [5.41, 5.74) is 7.99. The quantitative estimate of drug-likeness (QED) is 0.513. The van der Waals surface area contributed by atoms with Crippen LogP contribution in [0, 0.1) is 27.7 Å². The van der Waals surface area contributed by atoms with Gasteiger partial charge in [-0.3, -0.25) is 9.48 Å². The average Bonchev–Trinajstić information content (AvgIpc) is 3.25. The van der Waals surface area contributed by atoms with Gasteiger partial charge < -0.3 is 5.32 Å². The van der Waals surface area contributed by atoms with E-state index in [4.69, 9.17) is 0 Å². The Balaban J connectivity index is 1.39. The van der Waals surface area contributed by atoms with Gasteiger partial charge in [-0.1, -0.05) is 24.3 Å². The zero-order chi connectivity index (χ0) is 22.0.